The largest absolute Gasteiger partial charge is 0.396 e. The lowest BCUT2D eigenvalue weighted by molar-refractivity contribution is 0.281. The molecular weight excluding hydrogens is 178 g/mol. The Hall–Kier alpha value is -1.09. The summed E-state index contributed by atoms with van der Waals surface area (Å²) >= 11 is 0. The molecule has 0 amide bonds. The van der Waals surface area contributed by atoms with Crippen LogP contribution in [0.3, 0.4) is 0 Å². The monoisotopic (exact) mass is 195 g/mol. The van der Waals surface area contributed by atoms with Crippen LogP contribution in [0.15, 0.2) is 23.1 Å². The standard InChI is InChI=1S/C11H17NO2/c1-10-6-5-8-12(11(10)14)7-3-2-4-9-13/h5-6,8,13H,2-4,7,9H2,1H3. The zero-order valence-corrected chi connectivity index (χ0v) is 8.57. The van der Waals surface area contributed by atoms with Crippen LogP contribution in [0.25, 0.3) is 0 Å². The number of unbranched alkanes of at least 4 members (excludes halogenated alkanes) is 2. The minimum Gasteiger partial charge on any atom is -0.396 e. The Morgan fingerprint density at radius 3 is 2.86 bits per heavy atom. The van der Waals surface area contributed by atoms with E-state index in [9.17, 15) is 4.79 Å². The Bertz CT molecular complexity index is 330. The van der Waals surface area contributed by atoms with Crippen molar-refractivity contribution in [2.24, 2.45) is 0 Å². The molecule has 1 heterocycles. The number of nitrogens with zero attached hydrogens (tertiary/aromatic N) is 1. The maximum absolute atomic E-state index is 11.5. The minimum atomic E-state index is 0.0940. The fourth-order valence-corrected chi connectivity index (χ4v) is 1.40. The van der Waals surface area contributed by atoms with E-state index in [0.717, 1.165) is 31.4 Å². The summed E-state index contributed by atoms with van der Waals surface area (Å²) in [6.07, 6.45) is 4.55. The second-order valence-corrected chi connectivity index (χ2v) is 3.47. The van der Waals surface area contributed by atoms with Crippen LogP contribution >= 0.6 is 0 Å². The molecule has 0 aromatic carbocycles. The molecule has 0 aliphatic heterocycles. The van der Waals surface area contributed by atoms with E-state index in [1.54, 1.807) is 4.57 Å². The maximum Gasteiger partial charge on any atom is 0.253 e. The molecule has 0 aliphatic carbocycles. The molecule has 0 aliphatic rings. The van der Waals surface area contributed by atoms with Crippen LogP contribution in [0.1, 0.15) is 24.8 Å². The molecule has 0 atom stereocenters. The second-order valence-electron chi connectivity index (χ2n) is 3.47. The number of aliphatic hydroxyl groups is 1. The smallest absolute Gasteiger partial charge is 0.253 e. The molecule has 1 aromatic heterocycles. The third kappa shape index (κ3) is 3.00. The van der Waals surface area contributed by atoms with Gasteiger partial charge in [-0.3, -0.25) is 4.79 Å². The Kier molecular flexibility index (Phi) is 4.40. The molecule has 1 rings (SSSR count). The highest BCUT2D eigenvalue weighted by Gasteiger charge is 1.97. The Labute approximate surface area is 84.0 Å². The third-order valence-electron chi connectivity index (χ3n) is 2.27. The van der Waals surface area contributed by atoms with E-state index in [4.69, 9.17) is 5.11 Å². The van der Waals surface area contributed by atoms with Gasteiger partial charge in [-0.25, -0.2) is 0 Å². The molecule has 1 N–H and O–H groups in total. The Morgan fingerprint density at radius 1 is 1.36 bits per heavy atom. The molecule has 0 bridgehead atoms. The van der Waals surface area contributed by atoms with Crippen LogP contribution in [0.2, 0.25) is 0 Å². The van der Waals surface area contributed by atoms with Gasteiger partial charge in [0.15, 0.2) is 0 Å². The van der Waals surface area contributed by atoms with E-state index in [-0.39, 0.29) is 12.2 Å². The molecule has 14 heavy (non-hydrogen) atoms. The van der Waals surface area contributed by atoms with Crippen molar-refractivity contribution < 1.29 is 5.11 Å². The van der Waals surface area contributed by atoms with E-state index >= 15 is 0 Å². The summed E-state index contributed by atoms with van der Waals surface area (Å²) in [6, 6.07) is 3.72. The third-order valence-corrected chi connectivity index (χ3v) is 2.27. The van der Waals surface area contributed by atoms with Crippen LogP contribution in [0.4, 0.5) is 0 Å². The minimum absolute atomic E-state index is 0.0940. The highest BCUT2D eigenvalue weighted by Crippen LogP contribution is 1.97. The van der Waals surface area contributed by atoms with Crippen LogP contribution in [0.5, 0.6) is 0 Å². The van der Waals surface area contributed by atoms with Gasteiger partial charge in [0.2, 0.25) is 0 Å². The topological polar surface area (TPSA) is 42.2 Å². The first-order valence-electron chi connectivity index (χ1n) is 5.02. The average Bonchev–Trinajstić information content (AvgIpc) is 2.19. The normalized spacial score (nSPS) is 10.4. The van der Waals surface area contributed by atoms with Crippen LogP contribution in [-0.2, 0) is 6.54 Å². The number of pyridine rings is 1. The molecule has 3 heteroatoms. The van der Waals surface area contributed by atoms with Gasteiger partial charge < -0.3 is 9.67 Å². The first-order valence-corrected chi connectivity index (χ1v) is 5.02. The molecule has 0 spiro atoms. The van der Waals surface area contributed by atoms with Gasteiger partial charge in [0.25, 0.3) is 5.56 Å². The van der Waals surface area contributed by atoms with Gasteiger partial charge in [0.1, 0.15) is 0 Å². The molecule has 78 valence electrons. The Morgan fingerprint density at radius 2 is 2.14 bits per heavy atom. The van der Waals surface area contributed by atoms with E-state index in [1.165, 1.54) is 0 Å². The lowest BCUT2D eigenvalue weighted by Crippen LogP contribution is -2.21. The number of hydrogen-bond donors (Lipinski definition) is 1. The molecular formula is C11H17NO2. The van der Waals surface area contributed by atoms with Gasteiger partial charge >= 0.3 is 0 Å². The van der Waals surface area contributed by atoms with Crippen molar-refractivity contribution in [1.29, 1.82) is 0 Å². The van der Waals surface area contributed by atoms with Gasteiger partial charge in [-0.05, 0) is 32.3 Å². The van der Waals surface area contributed by atoms with Gasteiger partial charge in [-0.15, -0.1) is 0 Å². The van der Waals surface area contributed by atoms with Gasteiger partial charge in [0, 0.05) is 24.9 Å². The summed E-state index contributed by atoms with van der Waals surface area (Å²) in [4.78, 5) is 11.5. The molecule has 0 fully saturated rings. The molecule has 0 radical (unpaired) electrons. The van der Waals surface area contributed by atoms with E-state index in [2.05, 4.69) is 0 Å². The second kappa shape index (κ2) is 5.60. The molecule has 1 aromatic rings. The van der Waals surface area contributed by atoms with E-state index in [1.807, 2.05) is 25.3 Å². The van der Waals surface area contributed by atoms with Crippen molar-refractivity contribution in [3.05, 3.63) is 34.2 Å². The predicted octanol–water partition coefficient (Wildman–Crippen LogP) is 1.32. The summed E-state index contributed by atoms with van der Waals surface area (Å²) in [5, 5.41) is 8.59. The molecule has 0 unspecified atom stereocenters. The summed E-state index contributed by atoms with van der Waals surface area (Å²) in [5.41, 5.74) is 0.881. The summed E-state index contributed by atoms with van der Waals surface area (Å²) < 4.78 is 1.73. The lowest BCUT2D eigenvalue weighted by atomic mass is 10.2. The van der Waals surface area contributed by atoms with Gasteiger partial charge in [-0.2, -0.15) is 0 Å². The quantitative estimate of drug-likeness (QED) is 0.720. The number of rotatable bonds is 5. The highest BCUT2D eigenvalue weighted by atomic mass is 16.2. The van der Waals surface area contributed by atoms with Crippen molar-refractivity contribution in [2.45, 2.75) is 32.7 Å². The van der Waals surface area contributed by atoms with Gasteiger partial charge in [0.05, 0.1) is 0 Å². The summed E-state index contributed by atoms with van der Waals surface area (Å²) in [6.45, 7) is 2.82. The Balaban J connectivity index is 2.51. The maximum atomic E-state index is 11.5. The zero-order valence-electron chi connectivity index (χ0n) is 8.57. The van der Waals surface area contributed by atoms with Crippen molar-refractivity contribution in [2.75, 3.05) is 6.61 Å². The van der Waals surface area contributed by atoms with Gasteiger partial charge in [-0.1, -0.05) is 6.07 Å². The fraction of sp³-hybridized carbons (Fsp3) is 0.545. The number of aliphatic hydroxyl groups excluding tert-OH is 1. The van der Waals surface area contributed by atoms with Crippen molar-refractivity contribution in [3.8, 4) is 0 Å². The van der Waals surface area contributed by atoms with Crippen molar-refractivity contribution in [3.63, 3.8) is 0 Å². The summed E-state index contributed by atoms with van der Waals surface area (Å²) in [5.74, 6) is 0. The van der Waals surface area contributed by atoms with E-state index < -0.39 is 0 Å². The predicted molar refractivity (Wildman–Crippen MR) is 56.4 cm³/mol. The van der Waals surface area contributed by atoms with Crippen LogP contribution in [0, 0.1) is 6.92 Å². The highest BCUT2D eigenvalue weighted by molar-refractivity contribution is 5.07. The SMILES string of the molecule is Cc1cccn(CCCCCO)c1=O. The van der Waals surface area contributed by atoms with Crippen molar-refractivity contribution >= 4 is 0 Å². The van der Waals surface area contributed by atoms with Crippen LogP contribution in [-0.4, -0.2) is 16.3 Å². The fourth-order valence-electron chi connectivity index (χ4n) is 1.40. The zero-order chi connectivity index (χ0) is 10.4. The number of aromatic nitrogens is 1. The number of hydrogen-bond acceptors (Lipinski definition) is 2. The first-order chi connectivity index (χ1) is 6.75. The lowest BCUT2D eigenvalue weighted by Gasteiger charge is -2.05. The first kappa shape index (κ1) is 11.0. The number of aryl methyl sites for hydroxylation is 2. The van der Waals surface area contributed by atoms with Crippen molar-refractivity contribution in [1.82, 2.24) is 4.57 Å². The average molecular weight is 195 g/mol. The molecule has 0 saturated carbocycles. The van der Waals surface area contributed by atoms with Crippen LogP contribution < -0.4 is 5.56 Å². The molecule has 3 nitrogen and oxygen atoms in total. The molecule has 0 saturated heterocycles. The summed E-state index contributed by atoms with van der Waals surface area (Å²) in [7, 11) is 0. The van der Waals surface area contributed by atoms with E-state index in [0.29, 0.717) is 0 Å².